The molecule has 0 saturated carbocycles. The molecule has 0 aliphatic heterocycles. The number of nitrogens with one attached hydrogen (secondary N) is 1. The molecule has 168 valence electrons. The van der Waals surface area contributed by atoms with Crippen LogP contribution in [0.5, 0.6) is 11.6 Å². The van der Waals surface area contributed by atoms with E-state index in [0.29, 0.717) is 28.5 Å². The van der Waals surface area contributed by atoms with Crippen LogP contribution in [-0.4, -0.2) is 37.8 Å². The zero-order valence-corrected chi connectivity index (χ0v) is 17.7. The summed E-state index contributed by atoms with van der Waals surface area (Å²) in [6.07, 6.45) is 7.74. The molecule has 1 N–H and O–H groups in total. The van der Waals surface area contributed by atoms with Crippen LogP contribution in [-0.2, 0) is 0 Å². The Kier molecular flexibility index (Phi) is 5.99. The number of nitrogens with zero attached hydrogens (tertiary/aromatic N) is 6. The molecule has 9 nitrogen and oxygen atoms in total. The molecule has 0 saturated heterocycles. The van der Waals surface area contributed by atoms with Gasteiger partial charge >= 0.3 is 6.61 Å². The summed E-state index contributed by atoms with van der Waals surface area (Å²) in [6, 6.07) is 8.91. The zero-order valence-electron chi connectivity index (χ0n) is 17.7. The van der Waals surface area contributed by atoms with Gasteiger partial charge in [-0.3, -0.25) is 4.98 Å². The maximum Gasteiger partial charge on any atom is 0.388 e. The molecule has 4 aromatic rings. The summed E-state index contributed by atoms with van der Waals surface area (Å²) in [4.78, 5) is 12.1. The van der Waals surface area contributed by atoms with Crippen LogP contribution >= 0.6 is 0 Å². The molecule has 4 rings (SSSR count). The van der Waals surface area contributed by atoms with Gasteiger partial charge in [-0.25, -0.2) is 14.5 Å². The van der Waals surface area contributed by atoms with Crippen molar-refractivity contribution in [3.8, 4) is 28.8 Å². The summed E-state index contributed by atoms with van der Waals surface area (Å²) < 4.78 is 37.4. The lowest BCUT2D eigenvalue weighted by Gasteiger charge is -2.18. The average molecular weight is 451 g/mol. The van der Waals surface area contributed by atoms with Crippen molar-refractivity contribution in [2.24, 2.45) is 5.41 Å². The maximum atomic E-state index is 12.7. The van der Waals surface area contributed by atoms with E-state index in [9.17, 15) is 14.0 Å². The highest BCUT2D eigenvalue weighted by molar-refractivity contribution is 5.75. The van der Waals surface area contributed by atoms with Crippen molar-refractivity contribution in [3.05, 3.63) is 55.2 Å². The summed E-state index contributed by atoms with van der Waals surface area (Å²) >= 11 is 0. The quantitative estimate of drug-likeness (QED) is 0.418. The molecule has 0 bridgehead atoms. The lowest BCUT2D eigenvalue weighted by atomic mass is 9.97. The lowest BCUT2D eigenvalue weighted by Crippen LogP contribution is -2.19. The second-order valence-corrected chi connectivity index (χ2v) is 7.71. The van der Waals surface area contributed by atoms with Gasteiger partial charge in [0.25, 0.3) is 0 Å². The second-order valence-electron chi connectivity index (χ2n) is 7.71. The van der Waals surface area contributed by atoms with Crippen molar-refractivity contribution in [2.45, 2.75) is 20.5 Å². The van der Waals surface area contributed by atoms with Crippen LogP contribution in [0.4, 0.5) is 20.4 Å². The van der Waals surface area contributed by atoms with Gasteiger partial charge in [0, 0.05) is 36.3 Å². The summed E-state index contributed by atoms with van der Waals surface area (Å²) in [7, 11) is 0. The summed E-state index contributed by atoms with van der Waals surface area (Å²) in [6.45, 7) is 0.548. The van der Waals surface area contributed by atoms with Crippen molar-refractivity contribution < 1.29 is 18.3 Å². The number of hydrogen-bond donors (Lipinski definition) is 1. The molecule has 0 aliphatic carbocycles. The number of alkyl halides is 2. The van der Waals surface area contributed by atoms with Crippen LogP contribution in [0.25, 0.3) is 16.6 Å². The van der Waals surface area contributed by atoms with E-state index in [-0.39, 0.29) is 12.5 Å². The first-order valence-corrected chi connectivity index (χ1v) is 9.85. The molecular weight excluding hydrogens is 432 g/mol. The molecule has 0 amide bonds. The fourth-order valence-corrected chi connectivity index (χ4v) is 2.93. The lowest BCUT2D eigenvalue weighted by molar-refractivity contribution is -0.0528. The summed E-state index contributed by atoms with van der Waals surface area (Å²) in [5.74, 6) is 1.18. The zero-order chi connectivity index (χ0) is 23.4. The Balaban J connectivity index is 1.69. The number of pyridine rings is 2. The number of hydrogen-bond acceptors (Lipinski definition) is 8. The van der Waals surface area contributed by atoms with E-state index in [0.717, 1.165) is 5.52 Å². The Morgan fingerprint density at radius 3 is 2.73 bits per heavy atom. The Morgan fingerprint density at radius 2 is 2.00 bits per heavy atom. The van der Waals surface area contributed by atoms with Crippen molar-refractivity contribution in [1.29, 1.82) is 5.26 Å². The van der Waals surface area contributed by atoms with E-state index in [2.05, 4.69) is 36.2 Å². The van der Waals surface area contributed by atoms with Crippen LogP contribution in [0.2, 0.25) is 0 Å². The highest BCUT2D eigenvalue weighted by Crippen LogP contribution is 2.34. The fourth-order valence-electron chi connectivity index (χ4n) is 2.93. The van der Waals surface area contributed by atoms with Crippen LogP contribution in [0, 0.1) is 16.7 Å². The first-order valence-electron chi connectivity index (χ1n) is 9.85. The second kappa shape index (κ2) is 9.04. The molecule has 4 aromatic heterocycles. The largest absolute Gasteiger partial charge is 0.490 e. The highest BCUT2D eigenvalue weighted by Gasteiger charge is 2.20. The number of rotatable bonds is 8. The van der Waals surface area contributed by atoms with Crippen molar-refractivity contribution >= 4 is 17.2 Å². The van der Waals surface area contributed by atoms with E-state index in [1.54, 1.807) is 55.3 Å². The molecule has 0 aromatic carbocycles. The number of aromatic nitrogens is 5. The van der Waals surface area contributed by atoms with Crippen molar-refractivity contribution in [1.82, 2.24) is 24.6 Å². The number of nitriles is 1. The Labute approximate surface area is 187 Å². The SMILES string of the molecule is CC(C)(C#N)COc1cnc(OC(F)F)cc1-c1ccn2nc(Nc3cnccn3)cc2c1. The van der Waals surface area contributed by atoms with E-state index in [1.807, 2.05) is 6.07 Å². The van der Waals surface area contributed by atoms with Crippen LogP contribution in [0.3, 0.4) is 0 Å². The smallest absolute Gasteiger partial charge is 0.388 e. The topological polar surface area (TPSA) is 110 Å². The molecule has 0 radical (unpaired) electrons. The van der Waals surface area contributed by atoms with Gasteiger partial charge in [-0.05, 0) is 31.5 Å². The van der Waals surface area contributed by atoms with E-state index in [4.69, 9.17) is 4.74 Å². The van der Waals surface area contributed by atoms with Crippen molar-refractivity contribution in [3.63, 3.8) is 0 Å². The van der Waals surface area contributed by atoms with E-state index in [1.165, 1.54) is 12.3 Å². The Bertz CT molecular complexity index is 1300. The molecule has 0 unspecified atom stereocenters. The first-order chi connectivity index (χ1) is 15.8. The monoisotopic (exact) mass is 451 g/mol. The van der Waals surface area contributed by atoms with Crippen molar-refractivity contribution in [2.75, 3.05) is 11.9 Å². The molecule has 33 heavy (non-hydrogen) atoms. The third kappa shape index (κ3) is 5.30. The summed E-state index contributed by atoms with van der Waals surface area (Å²) in [5.41, 5.74) is 1.14. The third-order valence-corrected chi connectivity index (χ3v) is 4.54. The van der Waals surface area contributed by atoms with Crippen LogP contribution < -0.4 is 14.8 Å². The normalized spacial score (nSPS) is 11.4. The van der Waals surface area contributed by atoms with E-state index < -0.39 is 12.0 Å². The fraction of sp³-hybridized carbons (Fsp3) is 0.227. The van der Waals surface area contributed by atoms with Gasteiger partial charge in [0.05, 0.1) is 29.4 Å². The van der Waals surface area contributed by atoms with Gasteiger partial charge in [0.1, 0.15) is 18.2 Å². The third-order valence-electron chi connectivity index (χ3n) is 4.54. The maximum absolute atomic E-state index is 12.7. The molecule has 0 fully saturated rings. The average Bonchev–Trinajstić information content (AvgIpc) is 3.20. The molecule has 11 heteroatoms. The van der Waals surface area contributed by atoms with E-state index >= 15 is 0 Å². The van der Waals surface area contributed by atoms with Gasteiger partial charge in [0.2, 0.25) is 5.88 Å². The molecule has 4 heterocycles. The van der Waals surface area contributed by atoms with Crippen LogP contribution in [0.15, 0.2) is 55.2 Å². The Morgan fingerprint density at radius 1 is 1.15 bits per heavy atom. The minimum Gasteiger partial charge on any atom is -0.490 e. The minimum absolute atomic E-state index is 0.0916. The predicted molar refractivity (Wildman–Crippen MR) is 115 cm³/mol. The number of fused-ring (bicyclic) bond motifs is 1. The Hall–Kier alpha value is -4.33. The highest BCUT2D eigenvalue weighted by atomic mass is 19.3. The molecule has 0 atom stereocenters. The number of anilines is 2. The van der Waals surface area contributed by atoms with Gasteiger partial charge in [-0.1, -0.05) is 0 Å². The molecule has 0 aliphatic rings. The van der Waals surface area contributed by atoms with Gasteiger partial charge in [-0.2, -0.15) is 19.1 Å². The van der Waals surface area contributed by atoms with Crippen LogP contribution in [0.1, 0.15) is 13.8 Å². The number of ether oxygens (including phenoxy) is 2. The minimum atomic E-state index is -3.01. The van der Waals surface area contributed by atoms with Gasteiger partial charge < -0.3 is 14.8 Å². The van der Waals surface area contributed by atoms with Gasteiger partial charge in [-0.15, -0.1) is 0 Å². The first kappa shape index (κ1) is 21.9. The standard InChI is InChI=1S/C22H19F2N7O2/c1-22(2,12-25)13-32-17-10-28-20(33-21(23)24)9-16(17)14-3-6-31-15(7-14)8-18(30-31)29-19-11-26-4-5-27-19/h3-11,21H,13H2,1-2H3,(H,27,29,30). The summed E-state index contributed by atoms with van der Waals surface area (Å²) in [5, 5.41) is 16.8. The number of halogens is 2. The predicted octanol–water partition coefficient (Wildman–Crippen LogP) is 4.46. The molecular formula is C22H19F2N7O2. The van der Waals surface area contributed by atoms with Gasteiger partial charge in [0.15, 0.2) is 5.82 Å². The molecule has 0 spiro atoms.